The number of nitrogens with one attached hydrogen (secondary N) is 2. The van der Waals surface area contributed by atoms with Gasteiger partial charge in [-0.25, -0.2) is 4.79 Å². The molecule has 3 aromatic rings. The standard InChI is InChI=1S/C32H41N3O4S/c1-7-21(3)35(30(37)27(20-40)34-31(38)39-32(4,5)6)28(24-15-13-22(8-2)14-16-24)29(36)33-26-18-17-23-11-9-10-12-25(23)19-26/h9-19,21,27-28,40H,7-8,20H2,1-6H3,(H,33,36)(H,34,38). The highest BCUT2D eigenvalue weighted by molar-refractivity contribution is 7.80. The van der Waals surface area contributed by atoms with Crippen molar-refractivity contribution >= 4 is 47.0 Å². The van der Waals surface area contributed by atoms with Gasteiger partial charge in [0.1, 0.15) is 17.7 Å². The first-order valence-corrected chi connectivity index (χ1v) is 14.4. The van der Waals surface area contributed by atoms with E-state index in [1.807, 2.05) is 80.6 Å². The molecule has 3 rings (SSSR count). The Hall–Kier alpha value is -3.52. The molecule has 0 aliphatic carbocycles. The Morgan fingerprint density at radius 2 is 1.60 bits per heavy atom. The monoisotopic (exact) mass is 563 g/mol. The fraction of sp³-hybridized carbons (Fsp3) is 0.406. The number of alkyl carbamates (subject to hydrolysis) is 1. The largest absolute Gasteiger partial charge is 0.444 e. The zero-order valence-corrected chi connectivity index (χ0v) is 25.1. The first-order valence-electron chi connectivity index (χ1n) is 13.8. The average Bonchev–Trinajstić information content (AvgIpc) is 2.92. The van der Waals surface area contributed by atoms with Gasteiger partial charge in [-0.3, -0.25) is 9.59 Å². The number of carbonyl (C=O) groups is 3. The van der Waals surface area contributed by atoms with E-state index < -0.39 is 29.7 Å². The molecule has 0 aliphatic rings. The topological polar surface area (TPSA) is 87.7 Å². The van der Waals surface area contributed by atoms with E-state index in [4.69, 9.17) is 4.74 Å². The molecule has 3 unspecified atom stereocenters. The second-order valence-corrected chi connectivity index (χ2v) is 11.3. The number of amides is 3. The third-order valence-corrected chi connectivity index (χ3v) is 7.10. The maximum atomic E-state index is 14.1. The second-order valence-electron chi connectivity index (χ2n) is 10.9. The molecule has 0 saturated carbocycles. The summed E-state index contributed by atoms with van der Waals surface area (Å²) < 4.78 is 5.38. The lowest BCUT2D eigenvalue weighted by molar-refractivity contribution is -0.142. The number of carbonyl (C=O) groups excluding carboxylic acids is 3. The maximum Gasteiger partial charge on any atom is 0.408 e. The molecule has 0 saturated heterocycles. The van der Waals surface area contributed by atoms with Crippen LogP contribution in [0.2, 0.25) is 0 Å². The molecule has 0 aliphatic heterocycles. The summed E-state index contributed by atoms with van der Waals surface area (Å²) in [7, 11) is 0. The van der Waals surface area contributed by atoms with Crippen molar-refractivity contribution in [2.45, 2.75) is 78.1 Å². The van der Waals surface area contributed by atoms with Crippen LogP contribution in [0, 0.1) is 0 Å². The van der Waals surface area contributed by atoms with Crippen LogP contribution in [-0.4, -0.2) is 46.2 Å². The number of rotatable bonds is 10. The number of fused-ring (bicyclic) bond motifs is 1. The molecule has 0 radical (unpaired) electrons. The van der Waals surface area contributed by atoms with Gasteiger partial charge in [-0.2, -0.15) is 12.6 Å². The molecule has 8 heteroatoms. The second kappa shape index (κ2) is 13.7. The van der Waals surface area contributed by atoms with Gasteiger partial charge in [0.05, 0.1) is 0 Å². The van der Waals surface area contributed by atoms with E-state index in [9.17, 15) is 14.4 Å². The lowest BCUT2D eigenvalue weighted by Crippen LogP contribution is -2.55. The summed E-state index contributed by atoms with van der Waals surface area (Å²) in [5.41, 5.74) is 1.71. The van der Waals surface area contributed by atoms with Crippen LogP contribution < -0.4 is 10.6 Å². The van der Waals surface area contributed by atoms with Crippen molar-refractivity contribution in [3.05, 3.63) is 77.9 Å². The van der Waals surface area contributed by atoms with E-state index in [1.54, 1.807) is 25.7 Å². The minimum atomic E-state index is -0.988. The highest BCUT2D eigenvalue weighted by atomic mass is 32.1. The van der Waals surface area contributed by atoms with Crippen molar-refractivity contribution in [1.29, 1.82) is 0 Å². The summed E-state index contributed by atoms with van der Waals surface area (Å²) in [6.07, 6.45) is 0.738. The Morgan fingerprint density at radius 3 is 2.17 bits per heavy atom. The smallest absolute Gasteiger partial charge is 0.408 e. The Labute approximate surface area is 243 Å². The van der Waals surface area contributed by atoms with Crippen LogP contribution in [0.25, 0.3) is 10.8 Å². The van der Waals surface area contributed by atoms with E-state index in [0.29, 0.717) is 17.7 Å². The molecule has 0 heterocycles. The number of hydrogen-bond acceptors (Lipinski definition) is 5. The summed E-state index contributed by atoms with van der Waals surface area (Å²) in [5.74, 6) is -0.712. The fourth-order valence-corrected chi connectivity index (χ4v) is 4.71. The number of ether oxygens (including phenoxy) is 1. The van der Waals surface area contributed by atoms with E-state index in [1.165, 1.54) is 0 Å². The van der Waals surface area contributed by atoms with Crippen molar-refractivity contribution in [2.75, 3.05) is 11.1 Å². The Bertz CT molecular complexity index is 1320. The van der Waals surface area contributed by atoms with Crippen molar-refractivity contribution in [3.8, 4) is 0 Å². The predicted octanol–water partition coefficient (Wildman–Crippen LogP) is 6.53. The summed E-state index contributed by atoms with van der Waals surface area (Å²) in [6, 6.07) is 19.1. The van der Waals surface area contributed by atoms with Crippen molar-refractivity contribution in [3.63, 3.8) is 0 Å². The number of benzene rings is 3. The number of anilines is 1. The molecule has 0 spiro atoms. The minimum Gasteiger partial charge on any atom is -0.444 e. The summed E-state index contributed by atoms with van der Waals surface area (Å²) in [5, 5.41) is 7.76. The SMILES string of the molecule is CCc1ccc(C(C(=O)Nc2ccc3ccccc3c2)N(C(=O)C(CS)NC(=O)OC(C)(C)C)C(C)CC)cc1. The van der Waals surface area contributed by atoms with Crippen LogP contribution in [-0.2, 0) is 20.7 Å². The van der Waals surface area contributed by atoms with Gasteiger partial charge in [0.25, 0.3) is 5.91 Å². The molecule has 214 valence electrons. The first kappa shape index (κ1) is 31.0. The number of hydrogen-bond donors (Lipinski definition) is 3. The predicted molar refractivity (Wildman–Crippen MR) is 165 cm³/mol. The Morgan fingerprint density at radius 1 is 0.950 bits per heavy atom. The van der Waals surface area contributed by atoms with Crippen LogP contribution in [0.1, 0.15) is 65.1 Å². The van der Waals surface area contributed by atoms with Crippen LogP contribution >= 0.6 is 12.6 Å². The number of nitrogens with zero attached hydrogens (tertiary/aromatic N) is 1. The van der Waals surface area contributed by atoms with E-state index in [0.717, 1.165) is 22.8 Å². The first-order chi connectivity index (χ1) is 19.0. The molecule has 0 bridgehead atoms. The van der Waals surface area contributed by atoms with E-state index in [2.05, 4.69) is 30.2 Å². The molecule has 7 nitrogen and oxygen atoms in total. The van der Waals surface area contributed by atoms with Crippen LogP contribution in [0.15, 0.2) is 66.7 Å². The molecule has 3 amide bonds. The summed E-state index contributed by atoms with van der Waals surface area (Å²) >= 11 is 4.36. The fourth-order valence-electron chi connectivity index (χ4n) is 4.46. The molecule has 3 atom stereocenters. The van der Waals surface area contributed by atoms with Crippen LogP contribution in [0.5, 0.6) is 0 Å². The molecular weight excluding hydrogens is 522 g/mol. The van der Waals surface area contributed by atoms with Crippen molar-refractivity contribution < 1.29 is 19.1 Å². The van der Waals surface area contributed by atoms with E-state index >= 15 is 0 Å². The Kier molecular flexibility index (Phi) is 10.6. The molecule has 0 aromatic heterocycles. The van der Waals surface area contributed by atoms with Gasteiger partial charge >= 0.3 is 6.09 Å². The number of aryl methyl sites for hydroxylation is 1. The van der Waals surface area contributed by atoms with Crippen LogP contribution in [0.3, 0.4) is 0 Å². The quantitative estimate of drug-likeness (QED) is 0.245. The zero-order chi connectivity index (χ0) is 29.4. The minimum absolute atomic E-state index is 0.0405. The van der Waals surface area contributed by atoms with Gasteiger partial charge in [0.2, 0.25) is 5.91 Å². The maximum absolute atomic E-state index is 14.1. The van der Waals surface area contributed by atoms with Crippen molar-refractivity contribution in [1.82, 2.24) is 10.2 Å². The van der Waals surface area contributed by atoms with Gasteiger partial charge in [-0.1, -0.05) is 68.4 Å². The highest BCUT2D eigenvalue weighted by Crippen LogP contribution is 2.29. The summed E-state index contributed by atoms with van der Waals surface area (Å²) in [6.45, 7) is 11.2. The molecular formula is C32H41N3O4S. The van der Waals surface area contributed by atoms with Gasteiger partial charge in [0, 0.05) is 17.5 Å². The summed E-state index contributed by atoms with van der Waals surface area (Å²) in [4.78, 5) is 42.3. The van der Waals surface area contributed by atoms with Gasteiger partial charge in [0.15, 0.2) is 0 Å². The lowest BCUT2D eigenvalue weighted by atomic mass is 9.98. The average molecular weight is 564 g/mol. The van der Waals surface area contributed by atoms with Gasteiger partial charge in [-0.15, -0.1) is 0 Å². The van der Waals surface area contributed by atoms with Crippen LogP contribution in [0.4, 0.5) is 10.5 Å². The molecule has 2 N–H and O–H groups in total. The third kappa shape index (κ3) is 8.01. The highest BCUT2D eigenvalue weighted by Gasteiger charge is 2.38. The van der Waals surface area contributed by atoms with Gasteiger partial charge in [-0.05, 0) is 74.6 Å². The molecule has 3 aromatic carbocycles. The van der Waals surface area contributed by atoms with E-state index in [-0.39, 0.29) is 17.7 Å². The zero-order valence-electron chi connectivity index (χ0n) is 24.2. The van der Waals surface area contributed by atoms with Gasteiger partial charge < -0.3 is 20.3 Å². The third-order valence-electron chi connectivity index (χ3n) is 6.74. The lowest BCUT2D eigenvalue weighted by Gasteiger charge is -2.38. The normalized spacial score (nSPS) is 13.7. The Balaban J connectivity index is 2.01. The number of thiol groups is 1. The molecule has 40 heavy (non-hydrogen) atoms. The molecule has 0 fully saturated rings. The van der Waals surface area contributed by atoms with Crippen molar-refractivity contribution in [2.24, 2.45) is 0 Å².